The molecule has 0 spiro atoms. The number of aromatic nitrogens is 3. The van der Waals surface area contributed by atoms with Crippen LogP contribution in [0.3, 0.4) is 0 Å². The zero-order chi connectivity index (χ0) is 15.9. The third-order valence-corrected chi connectivity index (χ3v) is 3.03. The Morgan fingerprint density at radius 3 is 1.52 bits per heavy atom. The molecule has 0 unspecified atom stereocenters. The Labute approximate surface area is 134 Å². The minimum atomic E-state index is 0.0612. The van der Waals surface area contributed by atoms with Gasteiger partial charge < -0.3 is 15.2 Å². The zero-order valence-corrected chi connectivity index (χ0v) is 12.4. The van der Waals surface area contributed by atoms with Crippen molar-refractivity contribution in [2.75, 3.05) is 5.73 Å². The summed E-state index contributed by atoms with van der Waals surface area (Å²) < 4.78 is 11.1. The number of nitrogens with two attached hydrogens (primary N) is 1. The minimum absolute atomic E-state index is 0.0612. The summed E-state index contributed by atoms with van der Waals surface area (Å²) in [6, 6.07) is 19.8. The lowest BCUT2D eigenvalue weighted by molar-refractivity contribution is 0.250. The van der Waals surface area contributed by atoms with Crippen LogP contribution in [0, 0.1) is 0 Å². The van der Waals surface area contributed by atoms with Crippen LogP contribution in [0.15, 0.2) is 60.7 Å². The molecule has 0 aliphatic heterocycles. The molecule has 0 amide bonds. The Balaban J connectivity index is 1.64. The molecule has 0 saturated carbocycles. The fourth-order valence-electron chi connectivity index (χ4n) is 1.93. The average Bonchev–Trinajstić information content (AvgIpc) is 2.60. The molecular formula is C17H16N4O2. The van der Waals surface area contributed by atoms with E-state index in [1.165, 1.54) is 0 Å². The molecule has 0 radical (unpaired) electrons. The van der Waals surface area contributed by atoms with Gasteiger partial charge in [-0.15, -0.1) is 4.98 Å². The molecule has 23 heavy (non-hydrogen) atoms. The van der Waals surface area contributed by atoms with Gasteiger partial charge in [-0.05, 0) is 11.1 Å². The number of nitrogens with zero attached hydrogens (tertiary/aromatic N) is 3. The van der Waals surface area contributed by atoms with Gasteiger partial charge >= 0.3 is 12.0 Å². The molecule has 0 saturated heterocycles. The predicted molar refractivity (Wildman–Crippen MR) is 85.8 cm³/mol. The summed E-state index contributed by atoms with van der Waals surface area (Å²) in [5.74, 6) is 0.0612. The first kappa shape index (κ1) is 14.8. The second kappa shape index (κ2) is 7.22. The van der Waals surface area contributed by atoms with Crippen LogP contribution in [0.25, 0.3) is 0 Å². The highest BCUT2D eigenvalue weighted by Crippen LogP contribution is 2.14. The quantitative estimate of drug-likeness (QED) is 0.753. The highest BCUT2D eigenvalue weighted by molar-refractivity contribution is 5.21. The van der Waals surface area contributed by atoms with Crippen molar-refractivity contribution in [3.8, 4) is 12.0 Å². The summed E-state index contributed by atoms with van der Waals surface area (Å²) in [5.41, 5.74) is 7.70. The third-order valence-electron chi connectivity index (χ3n) is 3.03. The lowest BCUT2D eigenvalue weighted by Gasteiger charge is -2.08. The summed E-state index contributed by atoms with van der Waals surface area (Å²) in [6.45, 7) is 0.699. The molecule has 3 rings (SSSR count). The molecule has 2 aromatic carbocycles. The van der Waals surface area contributed by atoms with Crippen LogP contribution in [0.2, 0.25) is 0 Å². The molecule has 2 N–H and O–H groups in total. The van der Waals surface area contributed by atoms with Crippen LogP contribution in [-0.4, -0.2) is 15.0 Å². The molecule has 0 aliphatic carbocycles. The van der Waals surface area contributed by atoms with Gasteiger partial charge in [0.05, 0.1) is 0 Å². The van der Waals surface area contributed by atoms with E-state index in [4.69, 9.17) is 15.2 Å². The molecule has 0 atom stereocenters. The molecule has 0 fully saturated rings. The number of benzene rings is 2. The zero-order valence-electron chi connectivity index (χ0n) is 12.4. The van der Waals surface area contributed by atoms with Crippen LogP contribution in [-0.2, 0) is 13.2 Å². The van der Waals surface area contributed by atoms with E-state index in [2.05, 4.69) is 15.0 Å². The average molecular weight is 308 g/mol. The van der Waals surface area contributed by atoms with E-state index < -0.39 is 0 Å². The maximum absolute atomic E-state index is 5.68. The summed E-state index contributed by atoms with van der Waals surface area (Å²) in [7, 11) is 0. The Bertz CT molecular complexity index is 689. The van der Waals surface area contributed by atoms with Crippen LogP contribution in [0.4, 0.5) is 5.95 Å². The second-order valence-electron chi connectivity index (χ2n) is 4.81. The van der Waals surface area contributed by atoms with E-state index in [0.717, 1.165) is 11.1 Å². The first-order chi connectivity index (χ1) is 11.3. The smallest absolute Gasteiger partial charge is 0.324 e. The SMILES string of the molecule is Nc1nc(OCc2ccccc2)nc(OCc2ccccc2)n1. The van der Waals surface area contributed by atoms with Crippen molar-refractivity contribution >= 4 is 5.95 Å². The topological polar surface area (TPSA) is 83.2 Å². The summed E-state index contributed by atoms with van der Waals surface area (Å²) >= 11 is 0. The van der Waals surface area contributed by atoms with Gasteiger partial charge in [-0.3, -0.25) is 0 Å². The Morgan fingerprint density at radius 2 is 1.09 bits per heavy atom. The number of anilines is 1. The van der Waals surface area contributed by atoms with E-state index >= 15 is 0 Å². The van der Waals surface area contributed by atoms with Gasteiger partial charge in [0.15, 0.2) is 0 Å². The number of hydrogen-bond acceptors (Lipinski definition) is 6. The Kier molecular flexibility index (Phi) is 4.63. The molecule has 6 nitrogen and oxygen atoms in total. The fourth-order valence-corrected chi connectivity index (χ4v) is 1.93. The van der Waals surface area contributed by atoms with Gasteiger partial charge in [0.25, 0.3) is 0 Å². The van der Waals surface area contributed by atoms with E-state index in [-0.39, 0.29) is 18.0 Å². The van der Waals surface area contributed by atoms with Crippen LogP contribution in [0.5, 0.6) is 12.0 Å². The third kappa shape index (κ3) is 4.41. The molecular weight excluding hydrogens is 292 g/mol. The van der Waals surface area contributed by atoms with Crippen molar-refractivity contribution < 1.29 is 9.47 Å². The fraction of sp³-hybridized carbons (Fsp3) is 0.118. The van der Waals surface area contributed by atoms with E-state index in [1.54, 1.807) is 0 Å². The van der Waals surface area contributed by atoms with Gasteiger partial charge in [0.2, 0.25) is 5.95 Å². The van der Waals surface area contributed by atoms with Crippen LogP contribution in [0.1, 0.15) is 11.1 Å². The Hall–Kier alpha value is -3.15. The van der Waals surface area contributed by atoms with E-state index in [1.807, 2.05) is 60.7 Å². The summed E-state index contributed by atoms with van der Waals surface area (Å²) in [6.07, 6.45) is 0. The molecule has 0 bridgehead atoms. The van der Waals surface area contributed by atoms with Gasteiger partial charge in [-0.25, -0.2) is 0 Å². The summed E-state index contributed by atoms with van der Waals surface area (Å²) in [4.78, 5) is 12.0. The lowest BCUT2D eigenvalue weighted by Crippen LogP contribution is -2.07. The highest BCUT2D eigenvalue weighted by Gasteiger charge is 2.07. The van der Waals surface area contributed by atoms with E-state index in [9.17, 15) is 0 Å². The molecule has 116 valence electrons. The normalized spacial score (nSPS) is 10.3. The van der Waals surface area contributed by atoms with Crippen molar-refractivity contribution in [1.29, 1.82) is 0 Å². The Morgan fingerprint density at radius 1 is 0.652 bits per heavy atom. The maximum atomic E-state index is 5.68. The monoisotopic (exact) mass is 308 g/mol. The number of hydrogen-bond donors (Lipinski definition) is 1. The second-order valence-corrected chi connectivity index (χ2v) is 4.81. The highest BCUT2D eigenvalue weighted by atomic mass is 16.5. The minimum Gasteiger partial charge on any atom is -0.458 e. The van der Waals surface area contributed by atoms with E-state index in [0.29, 0.717) is 13.2 Å². The molecule has 0 aliphatic rings. The van der Waals surface area contributed by atoms with Gasteiger partial charge in [-0.2, -0.15) is 9.97 Å². The molecule has 1 heterocycles. The van der Waals surface area contributed by atoms with Crippen LogP contribution < -0.4 is 15.2 Å². The van der Waals surface area contributed by atoms with Crippen molar-refractivity contribution in [2.24, 2.45) is 0 Å². The van der Waals surface area contributed by atoms with Gasteiger partial charge in [0.1, 0.15) is 13.2 Å². The van der Waals surface area contributed by atoms with Gasteiger partial charge in [0, 0.05) is 0 Å². The first-order valence-corrected chi connectivity index (χ1v) is 7.14. The molecule has 3 aromatic rings. The van der Waals surface area contributed by atoms with Crippen LogP contribution >= 0.6 is 0 Å². The van der Waals surface area contributed by atoms with Crippen molar-refractivity contribution in [3.05, 3.63) is 71.8 Å². The predicted octanol–water partition coefficient (Wildman–Crippen LogP) is 2.61. The van der Waals surface area contributed by atoms with Crippen molar-refractivity contribution in [2.45, 2.75) is 13.2 Å². The summed E-state index contributed by atoms with van der Waals surface area (Å²) in [5, 5.41) is 0. The largest absolute Gasteiger partial charge is 0.458 e. The maximum Gasteiger partial charge on any atom is 0.324 e. The van der Waals surface area contributed by atoms with Crippen molar-refractivity contribution in [3.63, 3.8) is 0 Å². The van der Waals surface area contributed by atoms with Crippen molar-refractivity contribution in [1.82, 2.24) is 15.0 Å². The van der Waals surface area contributed by atoms with Gasteiger partial charge in [-0.1, -0.05) is 60.7 Å². The standard InChI is InChI=1S/C17H16N4O2/c18-15-19-16(22-11-13-7-3-1-4-8-13)21-17(20-15)23-12-14-9-5-2-6-10-14/h1-10H,11-12H2,(H2,18,19,20,21). The lowest BCUT2D eigenvalue weighted by atomic mass is 10.2. The number of rotatable bonds is 6. The number of ether oxygens (including phenoxy) is 2. The number of nitrogen functional groups attached to an aromatic ring is 1. The molecule has 6 heteroatoms. The first-order valence-electron chi connectivity index (χ1n) is 7.14. The molecule has 1 aromatic heterocycles.